The zero-order valence-corrected chi connectivity index (χ0v) is 10.3. The van der Waals surface area contributed by atoms with E-state index in [-0.39, 0.29) is 18.1 Å². The summed E-state index contributed by atoms with van der Waals surface area (Å²) in [5, 5.41) is 12.8. The number of rotatable bonds is 2. The molecule has 3 nitrogen and oxygen atoms in total. The number of carbonyl (C=O) groups excluding carboxylic acids is 1. The summed E-state index contributed by atoms with van der Waals surface area (Å²) < 4.78 is 0. The van der Waals surface area contributed by atoms with Crippen LogP contribution in [0.4, 0.5) is 0 Å². The number of aliphatic hydroxyl groups is 1. The molecule has 0 heterocycles. The molecule has 4 heteroatoms. The van der Waals surface area contributed by atoms with Crippen LogP contribution in [0.2, 0.25) is 5.02 Å². The van der Waals surface area contributed by atoms with Crippen molar-refractivity contribution in [2.45, 2.75) is 37.8 Å². The summed E-state index contributed by atoms with van der Waals surface area (Å²) in [4.78, 5) is 12.0. The van der Waals surface area contributed by atoms with Gasteiger partial charge in [0.1, 0.15) is 0 Å². The van der Waals surface area contributed by atoms with Gasteiger partial charge in [0.15, 0.2) is 0 Å². The average Bonchev–Trinajstić information content (AvgIpc) is 2.32. The van der Waals surface area contributed by atoms with Gasteiger partial charge in [-0.05, 0) is 37.8 Å². The van der Waals surface area contributed by atoms with E-state index in [2.05, 4.69) is 5.32 Å². The number of nitrogens with one attached hydrogen (secondary N) is 1. The minimum absolute atomic E-state index is 0.128. The molecule has 92 valence electrons. The fourth-order valence-corrected chi connectivity index (χ4v) is 2.35. The molecule has 0 saturated heterocycles. The molecule has 2 N–H and O–H groups in total. The number of carbonyl (C=O) groups is 1. The Kier molecular flexibility index (Phi) is 4.02. The molecule has 2 rings (SSSR count). The number of amides is 1. The van der Waals surface area contributed by atoms with Crippen molar-refractivity contribution in [2.24, 2.45) is 0 Å². The van der Waals surface area contributed by atoms with Gasteiger partial charge in [-0.25, -0.2) is 0 Å². The molecule has 1 aromatic carbocycles. The van der Waals surface area contributed by atoms with Crippen LogP contribution >= 0.6 is 11.6 Å². The van der Waals surface area contributed by atoms with Crippen molar-refractivity contribution in [3.63, 3.8) is 0 Å². The zero-order chi connectivity index (χ0) is 12.3. The molecule has 0 radical (unpaired) electrons. The Morgan fingerprint density at radius 3 is 2.53 bits per heavy atom. The monoisotopic (exact) mass is 253 g/mol. The molecule has 0 unspecified atom stereocenters. The molecular formula is C13H16ClNO2. The van der Waals surface area contributed by atoms with Gasteiger partial charge in [-0.1, -0.05) is 23.7 Å². The number of hydrogen-bond acceptors (Lipinski definition) is 2. The number of benzene rings is 1. The second-order valence-corrected chi connectivity index (χ2v) is 4.87. The third kappa shape index (κ3) is 3.20. The average molecular weight is 254 g/mol. The molecule has 1 aliphatic rings. The molecule has 1 fully saturated rings. The molecule has 17 heavy (non-hydrogen) atoms. The number of halogens is 1. The third-order valence-corrected chi connectivity index (χ3v) is 3.48. The van der Waals surface area contributed by atoms with Crippen LogP contribution in [0.15, 0.2) is 24.3 Å². The summed E-state index contributed by atoms with van der Waals surface area (Å²) >= 11 is 5.96. The summed E-state index contributed by atoms with van der Waals surface area (Å²) in [6.07, 6.45) is 2.97. The molecule has 0 spiro atoms. The molecule has 1 amide bonds. The first-order chi connectivity index (χ1) is 8.16. The Hall–Kier alpha value is -1.06. The fourth-order valence-electron chi connectivity index (χ4n) is 2.13. The predicted octanol–water partition coefficient (Wildman–Crippen LogP) is 2.37. The summed E-state index contributed by atoms with van der Waals surface area (Å²) in [6.45, 7) is 0. The van der Waals surface area contributed by atoms with Crippen molar-refractivity contribution in [1.29, 1.82) is 0 Å². The van der Waals surface area contributed by atoms with Crippen LogP contribution in [0.25, 0.3) is 0 Å². The molecule has 0 bridgehead atoms. The molecule has 1 aromatic rings. The SMILES string of the molecule is O=C(NC1CCC(O)CC1)c1ccccc1Cl. The van der Waals surface area contributed by atoms with Crippen LogP contribution in [0.3, 0.4) is 0 Å². The van der Waals surface area contributed by atoms with Crippen LogP contribution in [0, 0.1) is 0 Å². The largest absolute Gasteiger partial charge is 0.393 e. The van der Waals surface area contributed by atoms with Gasteiger partial charge in [-0.2, -0.15) is 0 Å². The summed E-state index contributed by atoms with van der Waals surface area (Å²) in [6, 6.07) is 7.18. The first kappa shape index (κ1) is 12.4. The fraction of sp³-hybridized carbons (Fsp3) is 0.462. The van der Waals surface area contributed by atoms with Crippen LogP contribution < -0.4 is 5.32 Å². The minimum atomic E-state index is -0.205. The maximum absolute atomic E-state index is 12.0. The van der Waals surface area contributed by atoms with E-state index in [1.807, 2.05) is 0 Å². The highest BCUT2D eigenvalue weighted by Gasteiger charge is 2.21. The van der Waals surface area contributed by atoms with Crippen molar-refractivity contribution < 1.29 is 9.90 Å². The highest BCUT2D eigenvalue weighted by Crippen LogP contribution is 2.20. The molecule has 0 aliphatic heterocycles. The van der Waals surface area contributed by atoms with Gasteiger partial charge in [-0.3, -0.25) is 4.79 Å². The lowest BCUT2D eigenvalue weighted by molar-refractivity contribution is 0.0868. The second kappa shape index (κ2) is 5.52. The Morgan fingerprint density at radius 2 is 1.88 bits per heavy atom. The molecular weight excluding hydrogens is 238 g/mol. The highest BCUT2D eigenvalue weighted by molar-refractivity contribution is 6.33. The Labute approximate surface area is 106 Å². The maximum atomic E-state index is 12.0. The van der Waals surface area contributed by atoms with E-state index >= 15 is 0 Å². The molecule has 1 aliphatic carbocycles. The lowest BCUT2D eigenvalue weighted by Crippen LogP contribution is -2.38. The second-order valence-electron chi connectivity index (χ2n) is 4.46. The summed E-state index contributed by atoms with van der Waals surface area (Å²) in [5.41, 5.74) is 0.514. The first-order valence-corrected chi connectivity index (χ1v) is 6.28. The maximum Gasteiger partial charge on any atom is 0.253 e. The van der Waals surface area contributed by atoms with Crippen LogP contribution in [0.5, 0.6) is 0 Å². The lowest BCUT2D eigenvalue weighted by atomic mass is 9.93. The van der Waals surface area contributed by atoms with E-state index in [4.69, 9.17) is 11.6 Å². The smallest absolute Gasteiger partial charge is 0.253 e. The topological polar surface area (TPSA) is 49.3 Å². The van der Waals surface area contributed by atoms with Crippen LogP contribution in [0.1, 0.15) is 36.0 Å². The van der Waals surface area contributed by atoms with Gasteiger partial charge in [0.25, 0.3) is 5.91 Å². The van der Waals surface area contributed by atoms with Crippen molar-refractivity contribution in [2.75, 3.05) is 0 Å². The molecule has 0 aromatic heterocycles. The van der Waals surface area contributed by atoms with Gasteiger partial charge < -0.3 is 10.4 Å². The quantitative estimate of drug-likeness (QED) is 0.850. The summed E-state index contributed by atoms with van der Waals surface area (Å²) in [5.74, 6) is -0.128. The van der Waals surface area contributed by atoms with E-state index in [1.54, 1.807) is 24.3 Å². The Balaban J connectivity index is 1.96. The van der Waals surface area contributed by atoms with Gasteiger partial charge >= 0.3 is 0 Å². The predicted molar refractivity (Wildman–Crippen MR) is 67.2 cm³/mol. The van der Waals surface area contributed by atoms with Crippen molar-refractivity contribution in [1.82, 2.24) is 5.32 Å². The Morgan fingerprint density at radius 1 is 1.24 bits per heavy atom. The van der Waals surface area contributed by atoms with Gasteiger partial charge in [0, 0.05) is 6.04 Å². The van der Waals surface area contributed by atoms with Gasteiger partial charge in [0.2, 0.25) is 0 Å². The lowest BCUT2D eigenvalue weighted by Gasteiger charge is -2.26. The highest BCUT2D eigenvalue weighted by atomic mass is 35.5. The van der Waals surface area contributed by atoms with Crippen molar-refractivity contribution in [3.05, 3.63) is 34.9 Å². The van der Waals surface area contributed by atoms with E-state index in [1.165, 1.54) is 0 Å². The van der Waals surface area contributed by atoms with E-state index in [0.717, 1.165) is 25.7 Å². The first-order valence-electron chi connectivity index (χ1n) is 5.90. The minimum Gasteiger partial charge on any atom is -0.393 e. The van der Waals surface area contributed by atoms with E-state index < -0.39 is 0 Å². The van der Waals surface area contributed by atoms with E-state index in [0.29, 0.717) is 10.6 Å². The standard InChI is InChI=1S/C13H16ClNO2/c14-12-4-2-1-3-11(12)13(17)15-9-5-7-10(16)8-6-9/h1-4,9-10,16H,5-8H2,(H,15,17). The molecule has 1 saturated carbocycles. The van der Waals surface area contributed by atoms with Gasteiger partial charge in [-0.15, -0.1) is 0 Å². The van der Waals surface area contributed by atoms with Gasteiger partial charge in [0.05, 0.1) is 16.7 Å². The van der Waals surface area contributed by atoms with Crippen LogP contribution in [-0.2, 0) is 0 Å². The third-order valence-electron chi connectivity index (χ3n) is 3.15. The number of hydrogen-bond donors (Lipinski definition) is 2. The van der Waals surface area contributed by atoms with Crippen molar-refractivity contribution in [3.8, 4) is 0 Å². The zero-order valence-electron chi connectivity index (χ0n) is 9.53. The normalized spacial score (nSPS) is 24.4. The molecule has 0 atom stereocenters. The summed E-state index contributed by atoms with van der Waals surface area (Å²) in [7, 11) is 0. The van der Waals surface area contributed by atoms with E-state index in [9.17, 15) is 9.90 Å². The van der Waals surface area contributed by atoms with Crippen molar-refractivity contribution >= 4 is 17.5 Å². The number of aliphatic hydroxyl groups excluding tert-OH is 1. The van der Waals surface area contributed by atoms with Crippen LogP contribution in [-0.4, -0.2) is 23.2 Å². The Bertz CT molecular complexity index is 400.